The predicted octanol–water partition coefficient (Wildman–Crippen LogP) is 2.70. The summed E-state index contributed by atoms with van der Waals surface area (Å²) < 4.78 is 5.28. The van der Waals surface area contributed by atoms with Gasteiger partial charge in [0.15, 0.2) is 6.61 Å². The number of rotatable bonds is 4. The summed E-state index contributed by atoms with van der Waals surface area (Å²) in [6.45, 7) is 2.20. The molecule has 1 aromatic carbocycles. The second-order valence-corrected chi connectivity index (χ2v) is 6.12. The van der Waals surface area contributed by atoms with E-state index in [1.807, 2.05) is 29.2 Å². The molecule has 2 unspecified atom stereocenters. The van der Waals surface area contributed by atoms with Crippen molar-refractivity contribution in [1.29, 1.82) is 5.26 Å². The van der Waals surface area contributed by atoms with Crippen molar-refractivity contribution in [3.8, 4) is 11.8 Å². The number of likely N-dealkylation sites (tertiary alicyclic amines) is 1. The zero-order valence-corrected chi connectivity index (χ0v) is 13.1. The van der Waals surface area contributed by atoms with E-state index >= 15 is 0 Å². The van der Waals surface area contributed by atoms with E-state index < -0.39 is 0 Å². The fourth-order valence-corrected chi connectivity index (χ4v) is 3.33. The lowest BCUT2D eigenvalue weighted by Crippen LogP contribution is -2.38. The Kier molecular flexibility index (Phi) is 4.82. The first-order chi connectivity index (χ1) is 11.3. The van der Waals surface area contributed by atoms with Crippen LogP contribution in [0.1, 0.15) is 18.4 Å². The maximum absolute atomic E-state index is 12.3. The van der Waals surface area contributed by atoms with Crippen molar-refractivity contribution in [2.45, 2.75) is 19.4 Å². The maximum Gasteiger partial charge on any atom is 0.317 e. The lowest BCUT2D eigenvalue weighted by molar-refractivity contribution is 0.206. The molecule has 1 saturated heterocycles. The van der Waals surface area contributed by atoms with Crippen LogP contribution in [0.2, 0.25) is 0 Å². The Hall–Kier alpha value is -2.48. The number of allylic oxidation sites excluding steroid dienone is 2. The van der Waals surface area contributed by atoms with Crippen LogP contribution >= 0.6 is 0 Å². The van der Waals surface area contributed by atoms with Gasteiger partial charge in [0, 0.05) is 19.6 Å². The summed E-state index contributed by atoms with van der Waals surface area (Å²) in [7, 11) is 0. The fraction of sp³-hybridized carbons (Fsp3) is 0.444. The van der Waals surface area contributed by atoms with Crippen LogP contribution in [-0.4, -0.2) is 30.6 Å². The highest BCUT2D eigenvalue weighted by atomic mass is 16.5. The molecule has 0 aromatic heterocycles. The van der Waals surface area contributed by atoms with Crippen molar-refractivity contribution in [3.05, 3.63) is 42.0 Å². The largest absolute Gasteiger partial charge is 0.479 e. The number of carbonyl (C=O) groups excluding carboxylic acids is 1. The highest BCUT2D eigenvalue weighted by Crippen LogP contribution is 2.32. The predicted molar refractivity (Wildman–Crippen MR) is 86.7 cm³/mol. The number of fused-ring (bicyclic) bond motifs is 1. The Morgan fingerprint density at radius 2 is 2.04 bits per heavy atom. The van der Waals surface area contributed by atoms with Crippen molar-refractivity contribution < 1.29 is 9.53 Å². The van der Waals surface area contributed by atoms with Gasteiger partial charge in [-0.15, -0.1) is 0 Å². The molecule has 5 heteroatoms. The van der Waals surface area contributed by atoms with Gasteiger partial charge >= 0.3 is 6.03 Å². The molecule has 0 bridgehead atoms. The molecule has 1 aromatic rings. The Morgan fingerprint density at radius 3 is 2.74 bits per heavy atom. The van der Waals surface area contributed by atoms with Gasteiger partial charge in [0.25, 0.3) is 0 Å². The lowest BCUT2D eigenvalue weighted by atomic mass is 9.86. The molecule has 1 heterocycles. The third-order valence-electron chi connectivity index (χ3n) is 4.55. The topological polar surface area (TPSA) is 65.4 Å². The van der Waals surface area contributed by atoms with Crippen LogP contribution in [0.3, 0.4) is 0 Å². The fourth-order valence-electron chi connectivity index (χ4n) is 3.33. The molecule has 1 aliphatic heterocycles. The highest BCUT2D eigenvalue weighted by Gasteiger charge is 2.34. The number of benzene rings is 1. The van der Waals surface area contributed by atoms with E-state index in [-0.39, 0.29) is 12.6 Å². The van der Waals surface area contributed by atoms with Crippen LogP contribution in [-0.2, 0) is 6.54 Å². The van der Waals surface area contributed by atoms with Crippen LogP contribution in [0, 0.1) is 23.2 Å². The molecule has 3 rings (SSSR count). The third-order valence-corrected chi connectivity index (χ3v) is 4.55. The van der Waals surface area contributed by atoms with Gasteiger partial charge in [-0.1, -0.05) is 24.3 Å². The minimum atomic E-state index is 0.00254. The number of nitriles is 1. The minimum Gasteiger partial charge on any atom is -0.479 e. The quantitative estimate of drug-likeness (QED) is 0.870. The van der Waals surface area contributed by atoms with Gasteiger partial charge in [-0.25, -0.2) is 4.79 Å². The van der Waals surface area contributed by atoms with Gasteiger partial charge < -0.3 is 15.0 Å². The summed E-state index contributed by atoms with van der Waals surface area (Å²) >= 11 is 0. The summed E-state index contributed by atoms with van der Waals surface area (Å²) in [6.07, 6.45) is 6.64. The second-order valence-electron chi connectivity index (χ2n) is 6.12. The number of hydrogen-bond acceptors (Lipinski definition) is 3. The van der Waals surface area contributed by atoms with Crippen LogP contribution in [0.15, 0.2) is 36.4 Å². The van der Waals surface area contributed by atoms with Gasteiger partial charge in [0.05, 0.1) is 0 Å². The minimum absolute atomic E-state index is 0.00254. The van der Waals surface area contributed by atoms with E-state index in [9.17, 15) is 4.79 Å². The van der Waals surface area contributed by atoms with Crippen LogP contribution in [0.5, 0.6) is 5.75 Å². The maximum atomic E-state index is 12.3. The Morgan fingerprint density at radius 1 is 1.30 bits per heavy atom. The Bertz CT molecular complexity index is 619. The van der Waals surface area contributed by atoms with Crippen LogP contribution < -0.4 is 10.1 Å². The molecule has 1 fully saturated rings. The number of ether oxygens (including phenoxy) is 1. The summed E-state index contributed by atoms with van der Waals surface area (Å²) in [4.78, 5) is 14.3. The smallest absolute Gasteiger partial charge is 0.317 e. The zero-order valence-electron chi connectivity index (χ0n) is 13.1. The van der Waals surface area contributed by atoms with E-state index in [1.54, 1.807) is 6.07 Å². The first-order valence-corrected chi connectivity index (χ1v) is 8.02. The monoisotopic (exact) mass is 311 g/mol. The second kappa shape index (κ2) is 7.19. The molecule has 0 radical (unpaired) electrons. The average molecular weight is 311 g/mol. The van der Waals surface area contributed by atoms with Gasteiger partial charge in [0.1, 0.15) is 11.8 Å². The van der Waals surface area contributed by atoms with E-state index in [1.165, 1.54) is 0 Å². The van der Waals surface area contributed by atoms with Gasteiger partial charge in [-0.05, 0) is 42.4 Å². The lowest BCUT2D eigenvalue weighted by Gasteiger charge is -2.17. The van der Waals surface area contributed by atoms with Gasteiger partial charge in [-0.2, -0.15) is 5.26 Å². The molecule has 1 aliphatic carbocycles. The summed E-state index contributed by atoms with van der Waals surface area (Å²) in [6, 6.07) is 9.41. The summed E-state index contributed by atoms with van der Waals surface area (Å²) in [5, 5.41) is 11.5. The zero-order chi connectivity index (χ0) is 16.1. The first kappa shape index (κ1) is 15.4. The number of hydrogen-bond donors (Lipinski definition) is 1. The van der Waals surface area contributed by atoms with E-state index in [4.69, 9.17) is 10.00 Å². The van der Waals surface area contributed by atoms with Crippen LogP contribution in [0.4, 0.5) is 4.79 Å². The molecule has 2 aliphatic rings. The van der Waals surface area contributed by atoms with Crippen molar-refractivity contribution in [3.63, 3.8) is 0 Å². The molecule has 2 amide bonds. The van der Waals surface area contributed by atoms with Crippen molar-refractivity contribution in [2.75, 3.05) is 19.7 Å². The standard InChI is InChI=1S/C18H21N3O2/c19-8-9-23-17-7-3-4-14(10-17)11-20-18(22)21-12-15-5-1-2-6-16(15)13-21/h1-4,7,10,15-16H,5-6,9,11-13H2,(H,20,22). The van der Waals surface area contributed by atoms with Crippen molar-refractivity contribution in [1.82, 2.24) is 10.2 Å². The number of urea groups is 1. The van der Waals surface area contributed by atoms with Crippen LogP contribution in [0.25, 0.3) is 0 Å². The number of amides is 2. The normalized spacial score (nSPS) is 22.3. The van der Waals surface area contributed by atoms with Gasteiger partial charge in [-0.3, -0.25) is 0 Å². The molecule has 2 atom stereocenters. The first-order valence-electron chi connectivity index (χ1n) is 8.02. The van der Waals surface area contributed by atoms with E-state index in [2.05, 4.69) is 17.5 Å². The van der Waals surface area contributed by atoms with E-state index in [0.717, 1.165) is 31.5 Å². The molecule has 120 valence electrons. The molecular formula is C18H21N3O2. The summed E-state index contributed by atoms with van der Waals surface area (Å²) in [5.41, 5.74) is 0.965. The van der Waals surface area contributed by atoms with E-state index in [0.29, 0.717) is 24.1 Å². The SMILES string of the molecule is N#CCOc1cccc(CNC(=O)N2CC3CC=CCC3C2)c1. The third kappa shape index (κ3) is 3.84. The molecule has 23 heavy (non-hydrogen) atoms. The molecule has 0 saturated carbocycles. The molecule has 0 spiro atoms. The Balaban J connectivity index is 1.50. The Labute approximate surface area is 136 Å². The molecular weight excluding hydrogens is 290 g/mol. The van der Waals surface area contributed by atoms with Crippen molar-refractivity contribution >= 4 is 6.03 Å². The number of nitrogens with one attached hydrogen (secondary N) is 1. The van der Waals surface area contributed by atoms with Crippen molar-refractivity contribution in [2.24, 2.45) is 11.8 Å². The molecule has 1 N–H and O–H groups in total. The molecule has 5 nitrogen and oxygen atoms in total. The summed E-state index contributed by atoms with van der Waals surface area (Å²) in [5.74, 6) is 1.89. The van der Waals surface area contributed by atoms with Gasteiger partial charge in [0.2, 0.25) is 0 Å². The number of carbonyl (C=O) groups is 1. The number of nitrogens with zero attached hydrogens (tertiary/aromatic N) is 2. The highest BCUT2D eigenvalue weighted by molar-refractivity contribution is 5.74. The average Bonchev–Trinajstić information content (AvgIpc) is 3.02.